The molecule has 2 N–H and O–H groups in total. The molecule has 1 aromatic carbocycles. The molecule has 124 valence electrons. The van der Waals surface area contributed by atoms with Gasteiger partial charge in [-0.3, -0.25) is 9.59 Å². The van der Waals surface area contributed by atoms with Gasteiger partial charge in [0.05, 0.1) is 11.4 Å². The average molecular weight is 342 g/mol. The van der Waals surface area contributed by atoms with Crippen molar-refractivity contribution in [1.29, 1.82) is 5.26 Å². The number of aromatic amines is 1. The van der Waals surface area contributed by atoms with Gasteiger partial charge in [-0.2, -0.15) is 5.26 Å². The molecule has 2 rings (SSSR count). The van der Waals surface area contributed by atoms with Crippen LogP contribution in [-0.4, -0.2) is 21.6 Å². The summed E-state index contributed by atoms with van der Waals surface area (Å²) in [6.45, 7) is 5.76. The first-order chi connectivity index (χ1) is 11.4. The number of nitrogens with one attached hydrogen (secondary N) is 2. The van der Waals surface area contributed by atoms with E-state index in [9.17, 15) is 9.59 Å². The zero-order valence-corrected chi connectivity index (χ0v) is 14.6. The molecule has 0 unspecified atom stereocenters. The topological polar surface area (TPSA) is 98.6 Å². The van der Waals surface area contributed by atoms with E-state index in [1.165, 1.54) is 0 Å². The first-order valence-electron chi connectivity index (χ1n) is 7.47. The van der Waals surface area contributed by atoms with Crippen molar-refractivity contribution in [1.82, 2.24) is 9.97 Å². The molecule has 24 heavy (non-hydrogen) atoms. The largest absolute Gasteiger partial charge is 0.325 e. The second-order valence-electron chi connectivity index (χ2n) is 5.37. The lowest BCUT2D eigenvalue weighted by atomic mass is 10.1. The van der Waals surface area contributed by atoms with Gasteiger partial charge < -0.3 is 10.3 Å². The van der Waals surface area contributed by atoms with E-state index in [2.05, 4.69) is 15.3 Å². The van der Waals surface area contributed by atoms with Crippen LogP contribution in [0.3, 0.4) is 0 Å². The van der Waals surface area contributed by atoms with E-state index in [1.807, 2.05) is 45.0 Å². The van der Waals surface area contributed by atoms with Crippen LogP contribution >= 0.6 is 11.8 Å². The lowest BCUT2D eigenvalue weighted by Gasteiger charge is -2.08. The fraction of sp³-hybridized carbons (Fsp3) is 0.294. The molecule has 0 radical (unpaired) electrons. The summed E-state index contributed by atoms with van der Waals surface area (Å²) in [5.74, 6) is -0.0691. The lowest BCUT2D eigenvalue weighted by molar-refractivity contribution is -0.113. The number of thioether (sulfide) groups is 1. The highest BCUT2D eigenvalue weighted by molar-refractivity contribution is 7.99. The zero-order valence-electron chi connectivity index (χ0n) is 13.8. The maximum Gasteiger partial charge on any atom is 0.269 e. The summed E-state index contributed by atoms with van der Waals surface area (Å²) in [6.07, 6.45) is 0.481. The molecule has 6 nitrogen and oxygen atoms in total. The highest BCUT2D eigenvalue weighted by Gasteiger charge is 2.11. The van der Waals surface area contributed by atoms with Gasteiger partial charge >= 0.3 is 0 Å². The van der Waals surface area contributed by atoms with Gasteiger partial charge in [0, 0.05) is 5.69 Å². The van der Waals surface area contributed by atoms with Crippen LogP contribution < -0.4 is 10.9 Å². The van der Waals surface area contributed by atoms with Crippen LogP contribution in [0.15, 0.2) is 28.2 Å². The summed E-state index contributed by atoms with van der Waals surface area (Å²) in [5, 5.41) is 12.1. The number of hydrogen-bond donors (Lipinski definition) is 2. The number of carbonyl (C=O) groups is 1. The van der Waals surface area contributed by atoms with E-state index >= 15 is 0 Å². The molecule has 0 aliphatic heterocycles. The molecule has 1 heterocycles. The molecular weight excluding hydrogens is 324 g/mol. The van der Waals surface area contributed by atoms with E-state index in [1.54, 1.807) is 0 Å². The number of hydrogen-bond acceptors (Lipinski definition) is 5. The van der Waals surface area contributed by atoms with Gasteiger partial charge in [-0.05, 0) is 43.5 Å². The van der Waals surface area contributed by atoms with Crippen LogP contribution in [0.1, 0.15) is 29.3 Å². The van der Waals surface area contributed by atoms with E-state index < -0.39 is 5.56 Å². The van der Waals surface area contributed by atoms with Crippen molar-refractivity contribution in [3.63, 3.8) is 0 Å². The van der Waals surface area contributed by atoms with E-state index in [-0.39, 0.29) is 17.2 Å². The van der Waals surface area contributed by atoms with Crippen LogP contribution in [0, 0.1) is 25.2 Å². The molecule has 0 aliphatic carbocycles. The number of carbonyl (C=O) groups excluding carboxylic acids is 1. The highest BCUT2D eigenvalue weighted by Crippen LogP contribution is 2.16. The Hall–Kier alpha value is -2.59. The average Bonchev–Trinajstić information content (AvgIpc) is 2.51. The molecule has 2 aromatic rings. The minimum Gasteiger partial charge on any atom is -0.325 e. The maximum absolute atomic E-state index is 12.1. The molecule has 1 aromatic heterocycles. The first kappa shape index (κ1) is 17.8. The van der Waals surface area contributed by atoms with Gasteiger partial charge in [-0.1, -0.05) is 24.8 Å². The quantitative estimate of drug-likeness (QED) is 0.643. The molecule has 7 heteroatoms. The number of nitriles is 1. The number of rotatable bonds is 5. The number of H-pyrrole nitrogens is 1. The lowest BCUT2D eigenvalue weighted by Crippen LogP contribution is -2.18. The van der Waals surface area contributed by atoms with E-state index in [0.717, 1.165) is 28.6 Å². The number of amides is 1. The summed E-state index contributed by atoms with van der Waals surface area (Å²) in [4.78, 5) is 30.7. The Kier molecular flexibility index (Phi) is 5.77. The zero-order chi connectivity index (χ0) is 17.7. The number of anilines is 1. The Labute approximate surface area is 144 Å². The van der Waals surface area contributed by atoms with Crippen molar-refractivity contribution < 1.29 is 4.79 Å². The maximum atomic E-state index is 12.1. The third-order valence-corrected chi connectivity index (χ3v) is 4.14. The van der Waals surface area contributed by atoms with Gasteiger partial charge in [-0.25, -0.2) is 4.98 Å². The summed E-state index contributed by atoms with van der Waals surface area (Å²) in [5.41, 5.74) is 2.89. The van der Waals surface area contributed by atoms with Crippen molar-refractivity contribution in [2.24, 2.45) is 0 Å². The van der Waals surface area contributed by atoms with Crippen LogP contribution in [0.25, 0.3) is 0 Å². The van der Waals surface area contributed by atoms with Crippen molar-refractivity contribution in [2.75, 3.05) is 11.1 Å². The highest BCUT2D eigenvalue weighted by atomic mass is 32.2. The fourth-order valence-electron chi connectivity index (χ4n) is 2.31. The normalized spacial score (nSPS) is 10.2. The van der Waals surface area contributed by atoms with E-state index in [0.29, 0.717) is 17.3 Å². The molecular formula is C17H18N4O2S. The van der Waals surface area contributed by atoms with Gasteiger partial charge in [0.15, 0.2) is 5.16 Å². The SMILES string of the molecule is CCc1nc(SCC(=O)Nc2cc(C)cc(C)c2)[nH]c(=O)c1C#N. The smallest absolute Gasteiger partial charge is 0.269 e. The third kappa shape index (κ3) is 4.46. The van der Waals surface area contributed by atoms with Gasteiger partial charge in [-0.15, -0.1) is 0 Å². The minimum atomic E-state index is -0.471. The third-order valence-electron chi connectivity index (χ3n) is 3.26. The monoisotopic (exact) mass is 342 g/mol. The Balaban J connectivity index is 2.05. The molecule has 0 atom stereocenters. The summed E-state index contributed by atoms with van der Waals surface area (Å²) in [7, 11) is 0. The molecule has 0 spiro atoms. The summed E-state index contributed by atoms with van der Waals surface area (Å²) in [6, 6.07) is 7.68. The molecule has 0 saturated heterocycles. The van der Waals surface area contributed by atoms with E-state index in [4.69, 9.17) is 5.26 Å². The van der Waals surface area contributed by atoms with Crippen LogP contribution in [0.2, 0.25) is 0 Å². The number of nitrogens with zero attached hydrogens (tertiary/aromatic N) is 2. The van der Waals surface area contributed by atoms with Crippen molar-refractivity contribution in [3.05, 3.63) is 50.9 Å². The van der Waals surface area contributed by atoms with Crippen LogP contribution in [0.4, 0.5) is 5.69 Å². The van der Waals surface area contributed by atoms with Crippen LogP contribution in [-0.2, 0) is 11.2 Å². The fourth-order valence-corrected chi connectivity index (χ4v) is 2.99. The predicted octanol–water partition coefficient (Wildman–Crippen LogP) is 2.55. The standard InChI is InChI=1S/C17H18N4O2S/c1-4-14-13(8-18)16(23)21-17(20-14)24-9-15(22)19-12-6-10(2)5-11(3)7-12/h5-7H,4,9H2,1-3H3,(H,19,22)(H,20,21,23). The van der Waals surface area contributed by atoms with Gasteiger partial charge in [0.25, 0.3) is 5.56 Å². The van der Waals surface area contributed by atoms with Crippen LogP contribution in [0.5, 0.6) is 0 Å². The second-order valence-corrected chi connectivity index (χ2v) is 6.34. The summed E-state index contributed by atoms with van der Waals surface area (Å²) >= 11 is 1.13. The first-order valence-corrected chi connectivity index (χ1v) is 8.45. The molecule has 0 bridgehead atoms. The summed E-state index contributed by atoms with van der Waals surface area (Å²) < 4.78 is 0. The van der Waals surface area contributed by atoms with Crippen molar-refractivity contribution in [2.45, 2.75) is 32.3 Å². The molecule has 0 saturated carbocycles. The molecule has 0 fully saturated rings. The molecule has 1 amide bonds. The van der Waals surface area contributed by atoms with Crippen molar-refractivity contribution >= 4 is 23.4 Å². The minimum absolute atomic E-state index is 0.0292. The Morgan fingerprint density at radius 1 is 1.33 bits per heavy atom. The number of benzene rings is 1. The predicted molar refractivity (Wildman–Crippen MR) is 94.2 cm³/mol. The van der Waals surface area contributed by atoms with Crippen molar-refractivity contribution in [3.8, 4) is 6.07 Å². The Morgan fingerprint density at radius 2 is 2.00 bits per heavy atom. The molecule has 0 aliphatic rings. The Bertz CT molecular complexity index is 848. The Morgan fingerprint density at radius 3 is 2.58 bits per heavy atom. The van der Waals surface area contributed by atoms with Gasteiger partial charge in [0.1, 0.15) is 11.6 Å². The number of aryl methyl sites for hydroxylation is 3. The number of aromatic nitrogens is 2. The second kappa shape index (κ2) is 7.79. The van der Waals surface area contributed by atoms with Gasteiger partial charge in [0.2, 0.25) is 5.91 Å².